The average Bonchev–Trinajstić information content (AvgIpc) is 2.51. The van der Waals surface area contributed by atoms with Crippen molar-refractivity contribution in [2.75, 3.05) is 5.32 Å². The van der Waals surface area contributed by atoms with Crippen molar-refractivity contribution in [1.82, 2.24) is 0 Å². The van der Waals surface area contributed by atoms with Crippen LogP contribution >= 0.6 is 0 Å². The van der Waals surface area contributed by atoms with Gasteiger partial charge in [0.15, 0.2) is 0 Å². The predicted octanol–water partition coefficient (Wildman–Crippen LogP) is 3.41. The van der Waals surface area contributed by atoms with E-state index in [-0.39, 0.29) is 12.1 Å². The maximum absolute atomic E-state index is 10.1. The van der Waals surface area contributed by atoms with Gasteiger partial charge in [0.1, 0.15) is 0 Å². The van der Waals surface area contributed by atoms with Crippen LogP contribution in [0.4, 0.5) is 5.69 Å². The maximum atomic E-state index is 10.1. The van der Waals surface area contributed by atoms with Gasteiger partial charge in [-0.25, -0.2) is 0 Å². The van der Waals surface area contributed by atoms with E-state index in [0.29, 0.717) is 0 Å². The first-order chi connectivity index (χ1) is 8.18. The van der Waals surface area contributed by atoms with Crippen molar-refractivity contribution in [3.8, 4) is 0 Å². The molecule has 2 atom stereocenters. The van der Waals surface area contributed by atoms with Crippen molar-refractivity contribution in [1.29, 1.82) is 0 Å². The highest BCUT2D eigenvalue weighted by Gasteiger charge is 2.21. The summed E-state index contributed by atoms with van der Waals surface area (Å²) in [6.07, 6.45) is 5.45. The van der Waals surface area contributed by atoms with Crippen molar-refractivity contribution in [2.24, 2.45) is 0 Å². The van der Waals surface area contributed by atoms with Gasteiger partial charge in [-0.1, -0.05) is 31.4 Å². The van der Waals surface area contributed by atoms with Gasteiger partial charge < -0.3 is 10.4 Å². The van der Waals surface area contributed by atoms with Gasteiger partial charge in [-0.05, 0) is 43.9 Å². The third-order valence-electron chi connectivity index (χ3n) is 3.93. The van der Waals surface area contributed by atoms with Crippen molar-refractivity contribution in [3.05, 3.63) is 29.3 Å². The number of hydrogen-bond acceptors (Lipinski definition) is 2. The average molecular weight is 233 g/mol. The van der Waals surface area contributed by atoms with Crippen LogP contribution in [0.2, 0.25) is 0 Å². The molecule has 2 heteroatoms. The monoisotopic (exact) mass is 233 g/mol. The summed E-state index contributed by atoms with van der Waals surface area (Å²) in [7, 11) is 0. The van der Waals surface area contributed by atoms with Gasteiger partial charge in [0.05, 0.1) is 12.1 Å². The molecule has 0 radical (unpaired) electrons. The van der Waals surface area contributed by atoms with Gasteiger partial charge in [0.25, 0.3) is 0 Å². The molecule has 1 aromatic rings. The number of aliphatic hydroxyl groups is 1. The molecule has 1 aliphatic carbocycles. The van der Waals surface area contributed by atoms with E-state index in [1.54, 1.807) is 0 Å². The van der Waals surface area contributed by atoms with E-state index < -0.39 is 0 Å². The van der Waals surface area contributed by atoms with Crippen molar-refractivity contribution < 1.29 is 5.11 Å². The Morgan fingerprint density at radius 3 is 2.71 bits per heavy atom. The van der Waals surface area contributed by atoms with Gasteiger partial charge in [-0.15, -0.1) is 0 Å². The minimum Gasteiger partial charge on any atom is -0.391 e. The van der Waals surface area contributed by atoms with Crippen LogP contribution in [0.1, 0.15) is 43.2 Å². The molecule has 0 heterocycles. The summed E-state index contributed by atoms with van der Waals surface area (Å²) < 4.78 is 0. The number of benzene rings is 1. The Kier molecular flexibility index (Phi) is 4.06. The molecule has 17 heavy (non-hydrogen) atoms. The van der Waals surface area contributed by atoms with Crippen LogP contribution < -0.4 is 5.32 Å². The van der Waals surface area contributed by atoms with Crippen molar-refractivity contribution >= 4 is 5.69 Å². The first-order valence-corrected chi connectivity index (χ1v) is 6.69. The third-order valence-corrected chi connectivity index (χ3v) is 3.93. The molecular weight excluding hydrogens is 210 g/mol. The molecule has 2 unspecified atom stereocenters. The second-order valence-corrected chi connectivity index (χ2v) is 5.20. The Labute approximate surface area is 104 Å². The normalized spacial score (nSPS) is 25.4. The third kappa shape index (κ3) is 3.01. The van der Waals surface area contributed by atoms with Crippen LogP contribution in [0.15, 0.2) is 18.2 Å². The number of rotatable bonds is 2. The molecule has 2 nitrogen and oxygen atoms in total. The molecule has 94 valence electrons. The number of nitrogens with one attached hydrogen (secondary N) is 1. The Balaban J connectivity index is 2.10. The fourth-order valence-corrected chi connectivity index (χ4v) is 2.56. The van der Waals surface area contributed by atoms with Gasteiger partial charge in [0, 0.05) is 5.69 Å². The summed E-state index contributed by atoms with van der Waals surface area (Å²) in [6, 6.07) is 6.54. The first kappa shape index (κ1) is 12.4. The van der Waals surface area contributed by atoms with Gasteiger partial charge in [-0.2, -0.15) is 0 Å². The molecule has 2 rings (SSSR count). The Hall–Kier alpha value is -1.02. The van der Waals surface area contributed by atoms with Crippen LogP contribution in [-0.2, 0) is 0 Å². The maximum Gasteiger partial charge on any atom is 0.0741 e. The lowest BCUT2D eigenvalue weighted by molar-refractivity contribution is 0.144. The zero-order valence-electron chi connectivity index (χ0n) is 10.9. The van der Waals surface area contributed by atoms with Gasteiger partial charge >= 0.3 is 0 Å². The van der Waals surface area contributed by atoms with Crippen LogP contribution in [0.25, 0.3) is 0 Å². The molecule has 0 amide bonds. The highest BCUT2D eigenvalue weighted by atomic mass is 16.3. The molecular formula is C15H23NO. The van der Waals surface area contributed by atoms with Crippen LogP contribution in [0.5, 0.6) is 0 Å². The fraction of sp³-hybridized carbons (Fsp3) is 0.600. The first-order valence-electron chi connectivity index (χ1n) is 6.69. The van der Waals surface area contributed by atoms with E-state index in [2.05, 4.69) is 37.4 Å². The van der Waals surface area contributed by atoms with E-state index in [9.17, 15) is 5.11 Å². The highest BCUT2D eigenvalue weighted by molar-refractivity contribution is 5.54. The zero-order chi connectivity index (χ0) is 12.3. The van der Waals surface area contributed by atoms with E-state index in [0.717, 1.165) is 19.3 Å². The number of hydrogen-bond donors (Lipinski definition) is 2. The minimum atomic E-state index is -0.197. The zero-order valence-corrected chi connectivity index (χ0v) is 10.9. The van der Waals surface area contributed by atoms with E-state index >= 15 is 0 Å². The Morgan fingerprint density at radius 2 is 1.88 bits per heavy atom. The predicted molar refractivity (Wildman–Crippen MR) is 72.4 cm³/mol. The molecule has 0 spiro atoms. The molecule has 0 aliphatic heterocycles. The van der Waals surface area contributed by atoms with Crippen LogP contribution in [0.3, 0.4) is 0 Å². The molecule has 0 bridgehead atoms. The lowest BCUT2D eigenvalue weighted by Crippen LogP contribution is -2.32. The van der Waals surface area contributed by atoms with Crippen LogP contribution in [-0.4, -0.2) is 17.3 Å². The molecule has 1 saturated carbocycles. The summed E-state index contributed by atoms with van der Waals surface area (Å²) in [5.41, 5.74) is 3.78. The quantitative estimate of drug-likeness (QED) is 0.767. The van der Waals surface area contributed by atoms with E-state index in [1.165, 1.54) is 29.7 Å². The molecule has 2 N–H and O–H groups in total. The summed E-state index contributed by atoms with van der Waals surface area (Å²) in [4.78, 5) is 0. The van der Waals surface area contributed by atoms with Crippen LogP contribution in [0, 0.1) is 13.8 Å². The molecule has 1 aromatic carbocycles. The molecule has 1 fully saturated rings. The van der Waals surface area contributed by atoms with Gasteiger partial charge in [-0.3, -0.25) is 0 Å². The summed E-state index contributed by atoms with van der Waals surface area (Å²) in [5.74, 6) is 0. The fourth-order valence-electron chi connectivity index (χ4n) is 2.56. The largest absolute Gasteiger partial charge is 0.391 e. The van der Waals surface area contributed by atoms with Crippen molar-refractivity contribution in [3.63, 3.8) is 0 Å². The minimum absolute atomic E-state index is 0.197. The standard InChI is InChI=1S/C15H23NO/c1-11-7-6-9-13(12(11)2)16-14-8-4-3-5-10-15(14)17/h6-7,9,14-17H,3-5,8,10H2,1-2H3. The molecule has 1 aliphatic rings. The summed E-state index contributed by atoms with van der Waals surface area (Å²) >= 11 is 0. The summed E-state index contributed by atoms with van der Waals surface area (Å²) in [5, 5.41) is 13.6. The lowest BCUT2D eigenvalue weighted by Gasteiger charge is -2.24. The lowest BCUT2D eigenvalue weighted by atomic mass is 10.0. The van der Waals surface area contributed by atoms with Crippen molar-refractivity contribution in [2.45, 2.75) is 58.1 Å². The molecule has 0 saturated heterocycles. The smallest absolute Gasteiger partial charge is 0.0741 e. The summed E-state index contributed by atoms with van der Waals surface area (Å²) in [6.45, 7) is 4.27. The Bertz CT molecular complexity index is 375. The van der Waals surface area contributed by atoms with E-state index in [4.69, 9.17) is 0 Å². The number of aliphatic hydroxyl groups excluding tert-OH is 1. The number of anilines is 1. The second-order valence-electron chi connectivity index (χ2n) is 5.20. The highest BCUT2D eigenvalue weighted by Crippen LogP contribution is 2.24. The molecule has 0 aromatic heterocycles. The van der Waals surface area contributed by atoms with Gasteiger partial charge in [0.2, 0.25) is 0 Å². The SMILES string of the molecule is Cc1cccc(NC2CCCCCC2O)c1C. The Morgan fingerprint density at radius 1 is 1.12 bits per heavy atom. The topological polar surface area (TPSA) is 32.3 Å². The van der Waals surface area contributed by atoms with E-state index in [1.807, 2.05) is 0 Å². The number of aryl methyl sites for hydroxylation is 1. The second kappa shape index (κ2) is 5.54.